The molecule has 0 spiro atoms. The average Bonchev–Trinajstić information content (AvgIpc) is 3.24. The van der Waals surface area contributed by atoms with E-state index in [-0.39, 0.29) is 55.4 Å². The summed E-state index contributed by atoms with van der Waals surface area (Å²) in [6.07, 6.45) is 1.86. The Morgan fingerprint density at radius 1 is 1.29 bits per heavy atom. The Morgan fingerprint density at radius 3 is 2.90 bits per heavy atom. The lowest BCUT2D eigenvalue weighted by molar-refractivity contribution is -0.149. The molecule has 9 nitrogen and oxygen atoms in total. The molecule has 10 heteroatoms. The van der Waals surface area contributed by atoms with Crippen LogP contribution in [0.1, 0.15) is 31.2 Å². The number of carbonyl (C=O) groups is 3. The maximum Gasteiger partial charge on any atom is 0.308 e. The molecule has 3 atom stereocenters. The quantitative estimate of drug-likeness (QED) is 0.493. The van der Waals surface area contributed by atoms with Gasteiger partial charge in [-0.2, -0.15) is 0 Å². The number of amides is 2. The van der Waals surface area contributed by atoms with Gasteiger partial charge in [0.05, 0.1) is 18.9 Å². The van der Waals surface area contributed by atoms with Crippen LogP contribution < -0.4 is 20.1 Å². The predicted molar refractivity (Wildman–Crippen MR) is 113 cm³/mol. The number of rotatable bonds is 6. The van der Waals surface area contributed by atoms with Gasteiger partial charge in [0.1, 0.15) is 0 Å². The minimum absolute atomic E-state index is 0.0827. The summed E-state index contributed by atoms with van der Waals surface area (Å²) in [5, 5.41) is 6.34. The van der Waals surface area contributed by atoms with Gasteiger partial charge < -0.3 is 24.8 Å². The summed E-state index contributed by atoms with van der Waals surface area (Å²) in [7, 11) is 1.37. The zero-order valence-corrected chi connectivity index (χ0v) is 18.0. The highest BCUT2D eigenvalue weighted by Crippen LogP contribution is 2.34. The molecule has 2 aliphatic heterocycles. The molecule has 1 aromatic rings. The third-order valence-electron chi connectivity index (χ3n) is 6.01. The van der Waals surface area contributed by atoms with E-state index in [2.05, 4.69) is 10.6 Å². The highest BCUT2D eigenvalue weighted by Gasteiger charge is 2.44. The van der Waals surface area contributed by atoms with Crippen molar-refractivity contribution in [3.8, 4) is 11.5 Å². The van der Waals surface area contributed by atoms with Gasteiger partial charge in [-0.25, -0.2) is 0 Å². The van der Waals surface area contributed by atoms with Crippen LogP contribution in [0.5, 0.6) is 11.5 Å². The van der Waals surface area contributed by atoms with Gasteiger partial charge in [-0.1, -0.05) is 6.07 Å². The zero-order chi connectivity index (χ0) is 22.0. The molecule has 0 bridgehead atoms. The monoisotopic (exact) mass is 447 g/mol. The van der Waals surface area contributed by atoms with Crippen molar-refractivity contribution in [2.45, 2.75) is 38.3 Å². The third-order valence-corrected chi connectivity index (χ3v) is 6.35. The summed E-state index contributed by atoms with van der Waals surface area (Å²) < 4.78 is 15.5. The smallest absolute Gasteiger partial charge is 0.308 e. The van der Waals surface area contributed by atoms with E-state index in [0.29, 0.717) is 42.4 Å². The molecule has 2 N–H and O–H groups in total. The molecule has 1 saturated heterocycles. The van der Waals surface area contributed by atoms with Crippen molar-refractivity contribution in [3.05, 3.63) is 23.8 Å². The molecular formula is C21H25N3O6S. The molecule has 1 aliphatic carbocycles. The first-order valence-electron chi connectivity index (χ1n) is 10.3. The minimum atomic E-state index is -0.250. The summed E-state index contributed by atoms with van der Waals surface area (Å²) in [5.74, 6) is 0.384. The van der Waals surface area contributed by atoms with E-state index in [9.17, 15) is 14.4 Å². The lowest BCUT2D eigenvalue weighted by atomic mass is 9.76. The van der Waals surface area contributed by atoms with Crippen molar-refractivity contribution >= 4 is 35.1 Å². The number of nitrogens with one attached hydrogen (secondary N) is 2. The van der Waals surface area contributed by atoms with Crippen LogP contribution in [0.2, 0.25) is 0 Å². The number of thiocarbonyl (C=S) groups is 1. The molecule has 2 heterocycles. The van der Waals surface area contributed by atoms with Crippen LogP contribution in [0.3, 0.4) is 0 Å². The van der Waals surface area contributed by atoms with Gasteiger partial charge >= 0.3 is 5.97 Å². The molecule has 2 amide bonds. The van der Waals surface area contributed by atoms with E-state index in [4.69, 9.17) is 26.4 Å². The van der Waals surface area contributed by atoms with Crippen molar-refractivity contribution < 1.29 is 28.6 Å². The lowest BCUT2D eigenvalue weighted by Gasteiger charge is -2.43. The predicted octanol–water partition coefficient (Wildman–Crippen LogP) is 1.10. The van der Waals surface area contributed by atoms with Crippen molar-refractivity contribution in [1.29, 1.82) is 0 Å². The molecule has 0 aromatic heterocycles. The molecule has 1 saturated carbocycles. The van der Waals surface area contributed by atoms with E-state index in [1.54, 1.807) is 0 Å². The molecule has 31 heavy (non-hydrogen) atoms. The van der Waals surface area contributed by atoms with Crippen LogP contribution in [0.4, 0.5) is 0 Å². The van der Waals surface area contributed by atoms with Crippen molar-refractivity contribution in [2.75, 3.05) is 20.4 Å². The Kier molecular flexibility index (Phi) is 6.26. The number of ether oxygens (including phenoxy) is 3. The van der Waals surface area contributed by atoms with Crippen molar-refractivity contribution in [3.63, 3.8) is 0 Å². The van der Waals surface area contributed by atoms with Gasteiger partial charge in [0, 0.05) is 25.6 Å². The van der Waals surface area contributed by atoms with Crippen LogP contribution in [-0.2, 0) is 25.7 Å². The van der Waals surface area contributed by atoms with Crippen LogP contribution in [0, 0.1) is 11.8 Å². The standard InChI is InChI=1S/C21H25N3O6S/c1-28-20(27)13-3-4-14-15(9-13)23-21(31)24(19(14)26)7-6-18(25)22-10-12-2-5-16-17(8-12)30-11-29-16/h2,5,8,13-15H,3-4,6-7,9-11H2,1H3,(H,22,25)(H,23,31). The van der Waals surface area contributed by atoms with Crippen LogP contribution in [0.15, 0.2) is 18.2 Å². The minimum Gasteiger partial charge on any atom is -0.469 e. The fourth-order valence-corrected chi connectivity index (χ4v) is 4.64. The van der Waals surface area contributed by atoms with Crippen molar-refractivity contribution in [2.24, 2.45) is 11.8 Å². The Labute approximate surface area is 185 Å². The van der Waals surface area contributed by atoms with Gasteiger partial charge in [-0.3, -0.25) is 19.3 Å². The molecule has 4 rings (SSSR count). The van der Waals surface area contributed by atoms with E-state index in [0.717, 1.165) is 5.56 Å². The molecule has 2 fully saturated rings. The number of benzene rings is 1. The van der Waals surface area contributed by atoms with E-state index in [1.165, 1.54) is 12.0 Å². The van der Waals surface area contributed by atoms with Gasteiger partial charge in [-0.05, 0) is 49.2 Å². The Morgan fingerprint density at radius 2 is 2.10 bits per heavy atom. The van der Waals surface area contributed by atoms with E-state index >= 15 is 0 Å². The Balaban J connectivity index is 1.27. The lowest BCUT2D eigenvalue weighted by Crippen LogP contribution is -2.62. The topological polar surface area (TPSA) is 106 Å². The second-order valence-corrected chi connectivity index (χ2v) is 8.29. The number of hydrogen-bond acceptors (Lipinski definition) is 7. The SMILES string of the molecule is COC(=O)C1CCC2C(=O)N(CCC(=O)NCc3ccc4c(c3)OCO4)C(=S)NC2C1. The van der Waals surface area contributed by atoms with E-state index in [1.807, 2.05) is 18.2 Å². The maximum atomic E-state index is 12.9. The van der Waals surface area contributed by atoms with E-state index < -0.39 is 0 Å². The highest BCUT2D eigenvalue weighted by atomic mass is 32.1. The fourth-order valence-electron chi connectivity index (χ4n) is 4.31. The molecule has 3 aliphatic rings. The van der Waals surface area contributed by atoms with Gasteiger partial charge in [0.15, 0.2) is 16.6 Å². The van der Waals surface area contributed by atoms with Gasteiger partial charge in [-0.15, -0.1) is 0 Å². The van der Waals surface area contributed by atoms with Crippen LogP contribution in [0.25, 0.3) is 0 Å². The Bertz CT molecular complexity index is 907. The first-order valence-corrected chi connectivity index (χ1v) is 10.7. The van der Waals surface area contributed by atoms with Crippen LogP contribution >= 0.6 is 12.2 Å². The summed E-state index contributed by atoms with van der Waals surface area (Å²) >= 11 is 5.36. The molecular weight excluding hydrogens is 422 g/mol. The largest absolute Gasteiger partial charge is 0.469 e. The number of methoxy groups -OCH3 is 1. The number of nitrogens with zero attached hydrogens (tertiary/aromatic N) is 1. The second-order valence-electron chi connectivity index (χ2n) is 7.90. The molecule has 1 aromatic carbocycles. The average molecular weight is 448 g/mol. The third kappa shape index (κ3) is 4.58. The summed E-state index contributed by atoms with van der Waals surface area (Å²) in [5.41, 5.74) is 0.897. The normalized spacial score (nSPS) is 24.3. The molecule has 166 valence electrons. The zero-order valence-electron chi connectivity index (χ0n) is 17.2. The highest BCUT2D eigenvalue weighted by molar-refractivity contribution is 7.80. The summed E-state index contributed by atoms with van der Waals surface area (Å²) in [6.45, 7) is 0.765. The van der Waals surface area contributed by atoms with Gasteiger partial charge in [0.2, 0.25) is 18.6 Å². The first-order chi connectivity index (χ1) is 15.0. The number of carbonyl (C=O) groups excluding carboxylic acids is 3. The molecule has 0 radical (unpaired) electrons. The van der Waals surface area contributed by atoms with Crippen LogP contribution in [-0.4, -0.2) is 54.3 Å². The summed E-state index contributed by atoms with van der Waals surface area (Å²) in [4.78, 5) is 38.6. The Hall–Kier alpha value is -2.88. The fraction of sp³-hybridized carbons (Fsp3) is 0.524. The first kappa shape index (κ1) is 21.4. The number of hydrogen-bond donors (Lipinski definition) is 2. The maximum absolute atomic E-state index is 12.9. The number of esters is 1. The summed E-state index contributed by atoms with van der Waals surface area (Å²) in [6, 6.07) is 5.34. The second kappa shape index (κ2) is 9.09. The van der Waals surface area contributed by atoms with Crippen molar-refractivity contribution in [1.82, 2.24) is 15.5 Å². The number of fused-ring (bicyclic) bond motifs is 2. The molecule has 3 unspecified atom stereocenters. The van der Waals surface area contributed by atoms with Gasteiger partial charge in [0.25, 0.3) is 0 Å².